The summed E-state index contributed by atoms with van der Waals surface area (Å²) in [5, 5.41) is 3.20. The lowest BCUT2D eigenvalue weighted by atomic mass is 9.84. The summed E-state index contributed by atoms with van der Waals surface area (Å²) in [6, 6.07) is 9.16. The van der Waals surface area contributed by atoms with Crippen molar-refractivity contribution < 1.29 is 18.7 Å². The van der Waals surface area contributed by atoms with Gasteiger partial charge in [-0.3, -0.25) is 9.59 Å². The summed E-state index contributed by atoms with van der Waals surface area (Å²) in [6.07, 6.45) is 3.31. The number of carbonyl (C=O) groups is 2. The van der Waals surface area contributed by atoms with E-state index in [2.05, 4.69) is 10.3 Å². The molecule has 1 aliphatic rings. The van der Waals surface area contributed by atoms with E-state index in [4.69, 9.17) is 9.15 Å². The summed E-state index contributed by atoms with van der Waals surface area (Å²) in [5.74, 6) is 0.0324. The number of aryl methyl sites for hydroxylation is 1. The highest BCUT2D eigenvalue weighted by atomic mass is 16.5. The molecule has 1 fully saturated rings. The summed E-state index contributed by atoms with van der Waals surface area (Å²) in [7, 11) is 1.65. The zero-order valence-electron chi connectivity index (χ0n) is 15.7. The van der Waals surface area contributed by atoms with Gasteiger partial charge in [-0.25, -0.2) is 4.98 Å². The molecule has 0 atom stereocenters. The molecule has 0 bridgehead atoms. The topological polar surface area (TPSA) is 84.7 Å². The largest absolute Gasteiger partial charge is 0.438 e. The maximum Gasteiger partial charge on any atom is 0.291 e. The van der Waals surface area contributed by atoms with Crippen molar-refractivity contribution in [3.8, 4) is 0 Å². The highest BCUT2D eigenvalue weighted by Gasteiger charge is 2.38. The third-order valence-corrected chi connectivity index (χ3v) is 5.15. The second-order valence-corrected chi connectivity index (χ2v) is 6.90. The van der Waals surface area contributed by atoms with Crippen LogP contribution in [-0.2, 0) is 4.74 Å². The average molecular weight is 371 g/mol. The van der Waals surface area contributed by atoms with Crippen molar-refractivity contribution in [1.29, 1.82) is 0 Å². The number of amides is 2. The molecule has 1 N–H and O–H groups in total. The van der Waals surface area contributed by atoms with E-state index in [1.807, 2.05) is 18.2 Å². The van der Waals surface area contributed by atoms with Crippen LogP contribution in [0, 0.1) is 6.92 Å². The molecule has 2 amide bonds. The number of oxazole rings is 1. The smallest absolute Gasteiger partial charge is 0.291 e. The number of methoxy groups -OCH3 is 1. The number of hydrogen-bond donors (Lipinski definition) is 1. The predicted octanol–water partition coefficient (Wildman–Crippen LogP) is 2.42. The van der Waals surface area contributed by atoms with Crippen molar-refractivity contribution in [3.05, 3.63) is 53.7 Å². The minimum absolute atomic E-state index is 0.0995. The molecule has 2 heterocycles. The average Bonchev–Trinajstić information content (AvgIpc) is 3.13. The lowest BCUT2D eigenvalue weighted by Gasteiger charge is -2.42. The molecule has 144 valence electrons. The van der Waals surface area contributed by atoms with E-state index >= 15 is 0 Å². The fourth-order valence-electron chi connectivity index (χ4n) is 3.43. The first-order valence-electron chi connectivity index (χ1n) is 9.10. The van der Waals surface area contributed by atoms with Gasteiger partial charge in [0.1, 0.15) is 0 Å². The van der Waals surface area contributed by atoms with Crippen LogP contribution in [-0.4, -0.2) is 54.0 Å². The maximum atomic E-state index is 12.7. The van der Waals surface area contributed by atoms with Crippen LogP contribution in [0.25, 0.3) is 0 Å². The molecular formula is C20H25N3O4. The van der Waals surface area contributed by atoms with Crippen LogP contribution in [0.2, 0.25) is 0 Å². The normalized spacial score (nSPS) is 16.1. The molecule has 3 rings (SSSR count). The molecule has 27 heavy (non-hydrogen) atoms. The molecule has 2 aromatic rings. The maximum absolute atomic E-state index is 12.7. The van der Waals surface area contributed by atoms with Crippen LogP contribution in [0.1, 0.15) is 45.9 Å². The van der Waals surface area contributed by atoms with Crippen molar-refractivity contribution >= 4 is 11.8 Å². The fraction of sp³-hybridized carbons (Fsp3) is 0.450. The lowest BCUT2D eigenvalue weighted by molar-refractivity contribution is 0.0535. The second-order valence-electron chi connectivity index (χ2n) is 6.90. The number of aromatic nitrogens is 1. The Balaban J connectivity index is 1.69. The Labute approximate surface area is 158 Å². The number of hydrogen-bond acceptors (Lipinski definition) is 5. The quantitative estimate of drug-likeness (QED) is 0.843. The third kappa shape index (κ3) is 4.36. The molecule has 0 aliphatic carbocycles. The Morgan fingerprint density at radius 2 is 1.96 bits per heavy atom. The van der Waals surface area contributed by atoms with Gasteiger partial charge in [0.05, 0.1) is 5.69 Å². The lowest BCUT2D eigenvalue weighted by Crippen LogP contribution is -2.56. The van der Waals surface area contributed by atoms with E-state index in [9.17, 15) is 9.59 Å². The van der Waals surface area contributed by atoms with Crippen molar-refractivity contribution in [2.75, 3.05) is 26.8 Å². The molecule has 0 unspecified atom stereocenters. The van der Waals surface area contributed by atoms with Gasteiger partial charge in [-0.2, -0.15) is 0 Å². The number of rotatable bonds is 6. The van der Waals surface area contributed by atoms with Gasteiger partial charge in [-0.05, 0) is 38.3 Å². The van der Waals surface area contributed by atoms with Crippen LogP contribution in [0.3, 0.4) is 0 Å². The molecule has 1 aromatic heterocycles. The highest BCUT2D eigenvalue weighted by Crippen LogP contribution is 2.28. The first-order chi connectivity index (χ1) is 13.0. The molecule has 1 aliphatic heterocycles. The van der Waals surface area contributed by atoms with Crippen molar-refractivity contribution in [1.82, 2.24) is 15.2 Å². The summed E-state index contributed by atoms with van der Waals surface area (Å²) < 4.78 is 10.5. The van der Waals surface area contributed by atoms with E-state index < -0.39 is 5.54 Å². The van der Waals surface area contributed by atoms with Gasteiger partial charge >= 0.3 is 0 Å². The zero-order chi connectivity index (χ0) is 19.3. The molecule has 7 nitrogen and oxygen atoms in total. The number of carbonyl (C=O) groups excluding carboxylic acids is 2. The number of nitrogens with zero attached hydrogens (tertiary/aromatic N) is 2. The Hall–Kier alpha value is -2.67. The Bertz CT molecular complexity index is 780. The van der Waals surface area contributed by atoms with Gasteiger partial charge in [-0.1, -0.05) is 18.2 Å². The highest BCUT2D eigenvalue weighted by molar-refractivity contribution is 5.95. The van der Waals surface area contributed by atoms with Crippen molar-refractivity contribution in [3.63, 3.8) is 0 Å². The molecule has 1 aromatic carbocycles. The molecule has 1 saturated heterocycles. The van der Waals surface area contributed by atoms with E-state index in [1.54, 1.807) is 31.1 Å². The summed E-state index contributed by atoms with van der Waals surface area (Å²) in [5.41, 5.74) is 0.828. The van der Waals surface area contributed by atoms with Crippen LogP contribution in [0.5, 0.6) is 0 Å². The van der Waals surface area contributed by atoms with E-state index in [0.717, 1.165) is 0 Å². The molecular weight excluding hydrogens is 346 g/mol. The Kier molecular flexibility index (Phi) is 5.91. The minimum atomic E-state index is -0.393. The van der Waals surface area contributed by atoms with Gasteiger partial charge in [-0.15, -0.1) is 0 Å². The first kappa shape index (κ1) is 19.1. The monoisotopic (exact) mass is 371 g/mol. The minimum Gasteiger partial charge on any atom is -0.438 e. The van der Waals surface area contributed by atoms with E-state index in [1.165, 1.54) is 6.39 Å². The first-order valence-corrected chi connectivity index (χ1v) is 9.10. The van der Waals surface area contributed by atoms with E-state index in [-0.39, 0.29) is 17.6 Å². The standard InChI is InChI=1S/C20H25N3O4/c1-15-17(27-14-21-15)19(25)23-11-8-20(9-12-23,10-13-26-2)22-18(24)16-6-4-3-5-7-16/h3-7,14H,8-13H2,1-2H3,(H,22,24). The van der Waals surface area contributed by atoms with Crippen LogP contribution < -0.4 is 5.32 Å². The van der Waals surface area contributed by atoms with E-state index in [0.29, 0.717) is 50.2 Å². The number of nitrogens with one attached hydrogen (secondary N) is 1. The third-order valence-electron chi connectivity index (χ3n) is 5.15. The van der Waals surface area contributed by atoms with Crippen LogP contribution in [0.15, 0.2) is 41.1 Å². The van der Waals surface area contributed by atoms with Crippen molar-refractivity contribution in [2.24, 2.45) is 0 Å². The molecule has 7 heteroatoms. The number of likely N-dealkylation sites (tertiary alicyclic amines) is 1. The molecule has 0 radical (unpaired) electrons. The summed E-state index contributed by atoms with van der Waals surface area (Å²) in [4.78, 5) is 31.0. The van der Waals surface area contributed by atoms with Gasteiger partial charge in [0.2, 0.25) is 5.76 Å². The van der Waals surface area contributed by atoms with Gasteiger partial charge in [0, 0.05) is 37.9 Å². The summed E-state index contributed by atoms with van der Waals surface area (Å²) in [6.45, 7) is 3.38. The summed E-state index contributed by atoms with van der Waals surface area (Å²) >= 11 is 0. The predicted molar refractivity (Wildman–Crippen MR) is 99.5 cm³/mol. The number of piperidine rings is 1. The van der Waals surface area contributed by atoms with Gasteiger partial charge in [0.25, 0.3) is 11.8 Å². The van der Waals surface area contributed by atoms with Crippen LogP contribution in [0.4, 0.5) is 0 Å². The molecule has 0 spiro atoms. The fourth-order valence-corrected chi connectivity index (χ4v) is 3.43. The molecule has 0 saturated carbocycles. The number of ether oxygens (including phenoxy) is 1. The van der Waals surface area contributed by atoms with Crippen molar-refractivity contribution in [2.45, 2.75) is 31.7 Å². The number of benzene rings is 1. The Morgan fingerprint density at radius 1 is 1.26 bits per heavy atom. The van der Waals surface area contributed by atoms with Crippen LogP contribution >= 0.6 is 0 Å². The van der Waals surface area contributed by atoms with Gasteiger partial charge in [0.15, 0.2) is 6.39 Å². The Morgan fingerprint density at radius 3 is 2.56 bits per heavy atom. The van der Waals surface area contributed by atoms with Gasteiger partial charge < -0.3 is 19.4 Å². The zero-order valence-corrected chi connectivity index (χ0v) is 15.7. The SMILES string of the molecule is COCCC1(NC(=O)c2ccccc2)CCN(C(=O)c2ocnc2C)CC1. The second kappa shape index (κ2) is 8.35.